The summed E-state index contributed by atoms with van der Waals surface area (Å²) in [6.45, 7) is 45.5. The van der Waals surface area contributed by atoms with Crippen molar-refractivity contribution in [1.82, 2.24) is 4.90 Å². The lowest BCUT2D eigenvalue weighted by Gasteiger charge is -2.43. The van der Waals surface area contributed by atoms with Gasteiger partial charge in [0.05, 0.1) is 6.04 Å². The molecule has 7 heteroatoms. The molecule has 4 aromatic carbocycles. The fraction of sp³-hybridized carbons (Fsp3) is 0.594. The molecule has 71 heavy (non-hydrogen) atoms. The summed E-state index contributed by atoms with van der Waals surface area (Å²) in [4.78, 5) is 13.9. The highest BCUT2D eigenvalue weighted by molar-refractivity contribution is 5.99. The molecule has 0 saturated heterocycles. The van der Waals surface area contributed by atoms with Crippen molar-refractivity contribution in [2.24, 2.45) is 9.98 Å². The van der Waals surface area contributed by atoms with Crippen molar-refractivity contribution in [2.75, 3.05) is 0 Å². The summed E-state index contributed by atoms with van der Waals surface area (Å²) < 4.78 is 0. The fourth-order valence-corrected chi connectivity index (χ4v) is 10.5. The number of nitrogens with zero attached hydrogens (tertiary/aromatic N) is 3. The van der Waals surface area contributed by atoms with Crippen molar-refractivity contribution in [3.63, 3.8) is 0 Å². The van der Waals surface area contributed by atoms with Crippen LogP contribution in [-0.4, -0.2) is 43.2 Å². The van der Waals surface area contributed by atoms with Crippen LogP contribution < -0.4 is 0 Å². The van der Waals surface area contributed by atoms with E-state index in [1.807, 2.05) is 19.1 Å². The van der Waals surface area contributed by atoms with E-state index in [4.69, 9.17) is 9.98 Å². The number of hydrogen-bond donors (Lipinski definition) is 4. The third-order valence-corrected chi connectivity index (χ3v) is 14.7. The van der Waals surface area contributed by atoms with Gasteiger partial charge in [-0.25, -0.2) is 9.98 Å². The van der Waals surface area contributed by atoms with E-state index in [0.29, 0.717) is 55.1 Å². The second-order valence-electron chi connectivity index (χ2n) is 27.2. The first-order chi connectivity index (χ1) is 32.4. The zero-order valence-electron chi connectivity index (χ0n) is 48.3. The van der Waals surface area contributed by atoms with E-state index < -0.39 is 0 Å². The summed E-state index contributed by atoms with van der Waals surface area (Å²) in [6, 6.07) is 17.0. The van der Waals surface area contributed by atoms with Gasteiger partial charge in [0.1, 0.15) is 40.8 Å². The molecule has 1 aliphatic heterocycles. The van der Waals surface area contributed by atoms with Crippen LogP contribution in [0.3, 0.4) is 0 Å². The van der Waals surface area contributed by atoms with Gasteiger partial charge >= 0.3 is 0 Å². The van der Waals surface area contributed by atoms with Crippen LogP contribution in [0.1, 0.15) is 243 Å². The zero-order valence-corrected chi connectivity index (χ0v) is 48.3. The van der Waals surface area contributed by atoms with Crippen molar-refractivity contribution < 1.29 is 20.4 Å². The molecule has 0 aliphatic carbocycles. The zero-order chi connectivity index (χ0) is 53.6. The summed E-state index contributed by atoms with van der Waals surface area (Å²) in [6.07, 6.45) is 6.73. The van der Waals surface area contributed by atoms with Gasteiger partial charge in [-0.15, -0.1) is 0 Å². The number of aliphatic imine (C=N–C) groups is 2. The van der Waals surface area contributed by atoms with E-state index in [-0.39, 0.29) is 44.7 Å². The van der Waals surface area contributed by atoms with Crippen LogP contribution in [0, 0.1) is 13.8 Å². The Bertz CT molecular complexity index is 2500. The number of unbranched alkanes of at least 4 members (excludes halogenated alkanes) is 1. The second-order valence-corrected chi connectivity index (χ2v) is 27.2. The molecule has 0 radical (unpaired) electrons. The molecule has 0 bridgehead atoms. The van der Waals surface area contributed by atoms with Gasteiger partial charge in [0.2, 0.25) is 0 Å². The van der Waals surface area contributed by atoms with Crippen LogP contribution in [0.2, 0.25) is 0 Å². The maximum atomic E-state index is 11.8. The van der Waals surface area contributed by atoms with E-state index in [1.165, 1.54) is 5.56 Å². The first kappa shape index (κ1) is 57.1. The lowest BCUT2D eigenvalue weighted by atomic mass is 9.78. The van der Waals surface area contributed by atoms with E-state index in [1.54, 1.807) is 0 Å². The molecule has 390 valence electrons. The molecule has 7 nitrogen and oxygen atoms in total. The molecule has 5 rings (SSSR count). The minimum atomic E-state index is -0.282. The largest absolute Gasteiger partial charge is 0.508 e. The highest BCUT2D eigenvalue weighted by atomic mass is 16.3. The predicted molar refractivity (Wildman–Crippen MR) is 302 cm³/mol. The average Bonchev–Trinajstić information content (AvgIpc) is 3.22. The van der Waals surface area contributed by atoms with Crippen molar-refractivity contribution in [2.45, 2.75) is 248 Å². The Hall–Kier alpha value is -4.78. The predicted octanol–water partition coefficient (Wildman–Crippen LogP) is 16.5. The Balaban J connectivity index is 1.77. The summed E-state index contributed by atoms with van der Waals surface area (Å²) >= 11 is 0. The van der Waals surface area contributed by atoms with Crippen LogP contribution >= 0.6 is 0 Å². The van der Waals surface area contributed by atoms with Gasteiger partial charge in [0.15, 0.2) is 0 Å². The Morgan fingerprint density at radius 3 is 1.24 bits per heavy atom. The van der Waals surface area contributed by atoms with E-state index in [2.05, 4.69) is 180 Å². The molecule has 4 aromatic rings. The van der Waals surface area contributed by atoms with Crippen LogP contribution in [0.5, 0.6) is 23.0 Å². The summed E-state index contributed by atoms with van der Waals surface area (Å²) in [5.41, 5.74) is 10.8. The minimum absolute atomic E-state index is 0.109. The number of phenols is 4. The van der Waals surface area contributed by atoms with Gasteiger partial charge < -0.3 is 25.3 Å². The van der Waals surface area contributed by atoms with Crippen molar-refractivity contribution in [3.8, 4) is 23.0 Å². The van der Waals surface area contributed by atoms with E-state index >= 15 is 0 Å². The summed E-state index contributed by atoms with van der Waals surface area (Å²) in [5, 5.41) is 46.6. The third-order valence-electron chi connectivity index (χ3n) is 14.7. The molecule has 0 spiro atoms. The first-order valence-electron chi connectivity index (χ1n) is 26.8. The molecular formula is C64H95N3O4. The van der Waals surface area contributed by atoms with Gasteiger partial charge in [0.25, 0.3) is 0 Å². The van der Waals surface area contributed by atoms with Crippen molar-refractivity contribution in [1.29, 1.82) is 0 Å². The van der Waals surface area contributed by atoms with E-state index in [0.717, 1.165) is 98.6 Å². The van der Waals surface area contributed by atoms with Gasteiger partial charge in [-0.2, -0.15) is 0 Å². The van der Waals surface area contributed by atoms with E-state index in [9.17, 15) is 20.4 Å². The Labute approximate surface area is 431 Å². The third kappa shape index (κ3) is 13.4. The van der Waals surface area contributed by atoms with Crippen LogP contribution in [0.15, 0.2) is 58.5 Å². The number of rotatable bonds is 14. The number of phenolic OH excluding ortho intramolecular Hbond substituents is 4. The average molecular weight is 970 g/mol. The molecule has 0 amide bonds. The number of amidine groups is 2. The van der Waals surface area contributed by atoms with Gasteiger partial charge in [-0.3, -0.25) is 0 Å². The molecule has 4 N–H and O–H groups in total. The highest BCUT2D eigenvalue weighted by Gasteiger charge is 2.37. The normalized spacial score (nSPS) is 15.8. The van der Waals surface area contributed by atoms with Gasteiger partial charge in [-0.05, 0) is 151 Å². The van der Waals surface area contributed by atoms with Crippen molar-refractivity contribution in [3.05, 3.63) is 115 Å². The standard InChI is InChI=1S/C64H95N3O4/c1-22-23-24-50(55-39(2)25-29-51(68)40(55)3)67-53(31-27-42-35-46(61(10,11)12)57(70)47(36-42)62(13,14)15)65-52(30-26-41-33-44(59(4,5)6)56(69)45(34-41)60(7,8)9)66-54(67)32-28-43-37-48(63(16,17)18)58(71)49(38-43)64(19,20)21/h25,29,33-38,50,53,68-71H,22-24,26-28,30-32H2,1-21H3. The molecule has 0 saturated carbocycles. The smallest absolute Gasteiger partial charge is 0.128 e. The SMILES string of the molecule is CCCCC(c1c(C)ccc(O)c1C)N1C(CCc2cc(C(C)(C)C)c(O)c(C(C)(C)C)c2)=NC(CCc2cc(C(C)(C)C)c(O)c(C(C)(C)C)c2)=NC1CCc1cc(C(C)(C)C)c(O)c(C(C)(C)C)c1. The lowest BCUT2D eigenvalue weighted by Crippen LogP contribution is -2.46. The molecule has 0 aromatic heterocycles. The topological polar surface area (TPSA) is 109 Å². The number of hydrogen-bond acceptors (Lipinski definition) is 7. The van der Waals surface area contributed by atoms with Gasteiger partial charge in [0, 0.05) is 12.8 Å². The van der Waals surface area contributed by atoms with Gasteiger partial charge in [-0.1, -0.05) is 187 Å². The lowest BCUT2D eigenvalue weighted by molar-refractivity contribution is 0.208. The second kappa shape index (κ2) is 21.0. The highest BCUT2D eigenvalue weighted by Crippen LogP contribution is 2.45. The Morgan fingerprint density at radius 2 is 0.873 bits per heavy atom. The maximum absolute atomic E-state index is 11.8. The summed E-state index contributed by atoms with van der Waals surface area (Å²) in [5.74, 6) is 3.24. The summed E-state index contributed by atoms with van der Waals surface area (Å²) in [7, 11) is 0. The Morgan fingerprint density at radius 1 is 0.507 bits per heavy atom. The van der Waals surface area contributed by atoms with Crippen LogP contribution in [0.25, 0.3) is 0 Å². The quantitative estimate of drug-likeness (QED) is 0.101. The molecule has 1 heterocycles. The molecule has 0 fully saturated rings. The fourth-order valence-electron chi connectivity index (χ4n) is 10.5. The molecule has 2 unspecified atom stereocenters. The van der Waals surface area contributed by atoms with Crippen LogP contribution in [0.4, 0.5) is 0 Å². The van der Waals surface area contributed by atoms with Crippen LogP contribution in [-0.2, 0) is 51.8 Å². The monoisotopic (exact) mass is 970 g/mol. The molecule has 1 aliphatic rings. The number of benzene rings is 4. The number of aromatic hydroxyl groups is 4. The first-order valence-corrected chi connectivity index (χ1v) is 26.8. The maximum Gasteiger partial charge on any atom is 0.128 e. The minimum Gasteiger partial charge on any atom is -0.508 e. The Kier molecular flexibility index (Phi) is 16.9. The number of aryl methyl sites for hydroxylation is 4. The van der Waals surface area contributed by atoms with Crippen molar-refractivity contribution >= 4 is 11.7 Å². The molecule has 2 atom stereocenters. The molecular weight excluding hydrogens is 875 g/mol.